The third kappa shape index (κ3) is 7.22. The number of H-pyrrole nitrogens is 1. The van der Waals surface area contributed by atoms with Gasteiger partial charge in [-0.3, -0.25) is 19.2 Å². The lowest BCUT2D eigenvalue weighted by Crippen LogP contribution is -2.38. The van der Waals surface area contributed by atoms with Gasteiger partial charge in [0.05, 0.1) is 29.4 Å². The molecule has 3 heterocycles. The van der Waals surface area contributed by atoms with E-state index in [1.807, 2.05) is 31.3 Å². The Balaban J connectivity index is 0.000000185. The van der Waals surface area contributed by atoms with E-state index < -0.39 is 11.4 Å². The summed E-state index contributed by atoms with van der Waals surface area (Å²) in [7, 11) is 3.47. The minimum atomic E-state index is -0.917. The van der Waals surface area contributed by atoms with Gasteiger partial charge in [-0.2, -0.15) is 0 Å². The van der Waals surface area contributed by atoms with Crippen LogP contribution in [0.4, 0.5) is 0 Å². The molecule has 9 nitrogen and oxygen atoms in total. The smallest absolute Gasteiger partial charge is 0.310 e. The number of carbonyl (C=O) groups is 3. The van der Waals surface area contributed by atoms with Crippen LogP contribution in [0.2, 0.25) is 0 Å². The van der Waals surface area contributed by atoms with Gasteiger partial charge in [0.25, 0.3) is 0 Å². The molecule has 2 saturated carbocycles. The first-order valence-corrected chi connectivity index (χ1v) is 17.7. The summed E-state index contributed by atoms with van der Waals surface area (Å²) in [5.74, 6) is -0.206. The number of amides is 1. The van der Waals surface area contributed by atoms with Crippen LogP contribution in [0.5, 0.6) is 5.75 Å². The number of fused-ring (bicyclic) bond motifs is 3. The van der Waals surface area contributed by atoms with Crippen molar-refractivity contribution < 1.29 is 24.2 Å². The number of allylic oxidation sites excluding steroid dienone is 2. The number of aliphatic carboxylic acids is 1. The summed E-state index contributed by atoms with van der Waals surface area (Å²) in [5, 5.41) is 13.2. The molecule has 47 heavy (non-hydrogen) atoms. The molecular formula is C37H47N3O6S. The number of benzene rings is 1. The van der Waals surface area contributed by atoms with Crippen LogP contribution in [-0.2, 0) is 20.8 Å². The standard InChI is InChI=1S/C19H27NO4.C18H20N2O2S/c1-20-10-5-3-2-4-7-13-11-19(13,18(23)24)12-16(21)14-8-6-9-15(14)17(20)22;1-5-11-16(22-4)7-6-12-15(21)8-13(19-17(11)12)18-20-14(9-23-18)10(2)3/h4,7,13-15H,2-3,5-6,8-12H2,1H3,(H,23,24);6-10H,5H2,1-4H3,(H,19,21)/b7-4-;/t13?,14?,15?,19-;/m1./s1. The first kappa shape index (κ1) is 34.5. The maximum atomic E-state index is 12.8. The second kappa shape index (κ2) is 14.5. The summed E-state index contributed by atoms with van der Waals surface area (Å²) in [6.07, 6.45) is 10.6. The van der Waals surface area contributed by atoms with Crippen LogP contribution in [0.25, 0.3) is 21.6 Å². The quantitative estimate of drug-likeness (QED) is 0.282. The lowest BCUT2D eigenvalue weighted by molar-refractivity contribution is -0.147. The number of Topliss-reactive ketones (excluding diaryl/α,β-unsaturated/α-hetero) is 1. The molecule has 252 valence electrons. The Morgan fingerprint density at radius 2 is 1.94 bits per heavy atom. The van der Waals surface area contributed by atoms with E-state index in [1.54, 1.807) is 29.4 Å². The molecule has 3 aliphatic rings. The summed E-state index contributed by atoms with van der Waals surface area (Å²) in [4.78, 5) is 59.5. The number of aryl methyl sites for hydroxylation is 1. The molecule has 0 bridgehead atoms. The number of ketones is 1. The highest BCUT2D eigenvalue weighted by Gasteiger charge is 2.60. The second-order valence-electron chi connectivity index (χ2n) is 13.5. The molecular weight excluding hydrogens is 614 g/mol. The van der Waals surface area contributed by atoms with Crippen LogP contribution in [0.1, 0.15) is 89.3 Å². The average Bonchev–Trinajstić information content (AvgIpc) is 3.39. The molecule has 1 aromatic carbocycles. The van der Waals surface area contributed by atoms with Gasteiger partial charge in [-0.1, -0.05) is 39.3 Å². The molecule has 4 atom stereocenters. The predicted octanol–water partition coefficient (Wildman–Crippen LogP) is 7.00. The van der Waals surface area contributed by atoms with Gasteiger partial charge >= 0.3 is 5.97 Å². The number of rotatable bonds is 5. The van der Waals surface area contributed by atoms with Gasteiger partial charge in [-0.05, 0) is 68.9 Å². The lowest BCUT2D eigenvalue weighted by atomic mass is 9.84. The van der Waals surface area contributed by atoms with Crippen molar-refractivity contribution in [1.82, 2.24) is 14.9 Å². The molecule has 3 unspecified atom stereocenters. The molecule has 2 aromatic heterocycles. The topological polar surface area (TPSA) is 130 Å². The normalized spacial score (nSPS) is 25.4. The summed E-state index contributed by atoms with van der Waals surface area (Å²) in [6, 6.07) is 5.31. The second-order valence-corrected chi connectivity index (χ2v) is 14.4. The van der Waals surface area contributed by atoms with Crippen LogP contribution in [-0.4, -0.2) is 58.3 Å². The average molecular weight is 662 g/mol. The van der Waals surface area contributed by atoms with Crippen LogP contribution in [0.15, 0.2) is 40.5 Å². The van der Waals surface area contributed by atoms with Crippen LogP contribution < -0.4 is 10.2 Å². The zero-order valence-corrected chi connectivity index (χ0v) is 29.0. The third-order valence-corrected chi connectivity index (χ3v) is 11.0. The number of pyridine rings is 1. The number of ether oxygens (including phenoxy) is 1. The minimum Gasteiger partial charge on any atom is -0.496 e. The molecule has 1 amide bonds. The van der Waals surface area contributed by atoms with Gasteiger partial charge < -0.3 is 19.7 Å². The minimum absolute atomic E-state index is 0.00685. The van der Waals surface area contributed by atoms with Crippen LogP contribution in [0.3, 0.4) is 0 Å². The van der Waals surface area contributed by atoms with Gasteiger partial charge in [0.2, 0.25) is 5.91 Å². The summed E-state index contributed by atoms with van der Waals surface area (Å²) in [6.45, 7) is 7.01. The summed E-state index contributed by atoms with van der Waals surface area (Å²) >= 11 is 1.56. The third-order valence-electron chi connectivity index (χ3n) is 10.1. The summed E-state index contributed by atoms with van der Waals surface area (Å²) < 4.78 is 5.43. The molecule has 0 spiro atoms. The van der Waals surface area contributed by atoms with Gasteiger partial charge in [0.15, 0.2) is 5.43 Å². The number of hydrogen-bond donors (Lipinski definition) is 2. The molecule has 0 saturated heterocycles. The van der Waals surface area contributed by atoms with E-state index in [4.69, 9.17) is 4.74 Å². The van der Waals surface area contributed by atoms with Crippen molar-refractivity contribution in [2.75, 3.05) is 20.7 Å². The van der Waals surface area contributed by atoms with Crippen molar-refractivity contribution in [3.8, 4) is 16.5 Å². The van der Waals surface area contributed by atoms with E-state index >= 15 is 0 Å². The fourth-order valence-electron chi connectivity index (χ4n) is 7.15. The van der Waals surface area contributed by atoms with Crippen molar-refractivity contribution in [3.05, 3.63) is 57.2 Å². The van der Waals surface area contributed by atoms with E-state index in [-0.39, 0.29) is 41.3 Å². The SMILES string of the molecule is CCc1c(OC)ccc2c(=O)cc(-c3nc(C(C)C)cs3)[nH]c12.CN1CCCC/C=C\C2C[C@@]2(C(=O)O)CC(=O)C2CCCC2C1=O. The maximum absolute atomic E-state index is 12.8. The first-order chi connectivity index (χ1) is 22.5. The number of nitrogens with one attached hydrogen (secondary N) is 1. The van der Waals surface area contributed by atoms with E-state index in [9.17, 15) is 24.3 Å². The molecule has 2 fully saturated rings. The molecule has 1 aliphatic heterocycles. The molecule has 2 aliphatic carbocycles. The number of carboxylic acids is 1. The van der Waals surface area contributed by atoms with Crippen LogP contribution >= 0.6 is 11.3 Å². The zero-order chi connectivity index (χ0) is 33.9. The number of hydrogen-bond acceptors (Lipinski definition) is 7. The highest BCUT2D eigenvalue weighted by Crippen LogP contribution is 2.57. The monoisotopic (exact) mass is 661 g/mol. The Morgan fingerprint density at radius 1 is 1.17 bits per heavy atom. The predicted molar refractivity (Wildman–Crippen MR) is 185 cm³/mol. The zero-order valence-electron chi connectivity index (χ0n) is 28.1. The fourth-order valence-corrected chi connectivity index (χ4v) is 8.10. The summed E-state index contributed by atoms with van der Waals surface area (Å²) in [5.41, 5.74) is 2.77. The Hall–Kier alpha value is -3.79. The first-order valence-electron chi connectivity index (χ1n) is 16.9. The number of thiazole rings is 1. The van der Waals surface area contributed by atoms with Crippen molar-refractivity contribution in [2.24, 2.45) is 23.2 Å². The molecule has 2 N–H and O–H groups in total. The van der Waals surface area contributed by atoms with E-state index in [0.717, 1.165) is 84.7 Å². The highest BCUT2D eigenvalue weighted by atomic mass is 32.1. The number of methoxy groups -OCH3 is 1. The van der Waals surface area contributed by atoms with Crippen molar-refractivity contribution in [1.29, 1.82) is 0 Å². The number of carboxylic acid groups (broad SMARTS) is 1. The van der Waals surface area contributed by atoms with Crippen molar-refractivity contribution >= 4 is 39.9 Å². The molecule has 3 aromatic rings. The molecule has 10 heteroatoms. The highest BCUT2D eigenvalue weighted by molar-refractivity contribution is 7.13. The number of carbonyl (C=O) groups excluding carboxylic acids is 2. The van der Waals surface area contributed by atoms with Crippen molar-refractivity contribution in [2.45, 2.75) is 84.5 Å². The van der Waals surface area contributed by atoms with E-state index in [1.165, 1.54) is 0 Å². The van der Waals surface area contributed by atoms with E-state index in [2.05, 4.69) is 36.1 Å². The van der Waals surface area contributed by atoms with Gasteiger partial charge in [-0.15, -0.1) is 11.3 Å². The molecule has 0 radical (unpaired) electrons. The van der Waals surface area contributed by atoms with Gasteiger partial charge in [0.1, 0.15) is 16.5 Å². The van der Waals surface area contributed by atoms with E-state index in [0.29, 0.717) is 17.7 Å². The Morgan fingerprint density at radius 3 is 2.62 bits per heavy atom. The number of nitrogens with zero attached hydrogens (tertiary/aromatic N) is 2. The Bertz CT molecular complexity index is 1720. The Kier molecular flexibility index (Phi) is 10.7. The van der Waals surface area contributed by atoms with Gasteiger partial charge in [-0.25, -0.2) is 4.98 Å². The van der Waals surface area contributed by atoms with Gasteiger partial charge in [0, 0.05) is 54.2 Å². The number of aromatic nitrogens is 2. The fraction of sp³-hybridized carbons (Fsp3) is 0.541. The lowest BCUT2D eigenvalue weighted by Gasteiger charge is -2.25. The molecule has 6 rings (SSSR count). The largest absolute Gasteiger partial charge is 0.496 e. The number of aromatic amines is 1. The Labute approximate surface area is 280 Å². The maximum Gasteiger partial charge on any atom is 0.310 e. The van der Waals surface area contributed by atoms with Crippen molar-refractivity contribution in [3.63, 3.8) is 0 Å². The van der Waals surface area contributed by atoms with Crippen LogP contribution in [0, 0.1) is 23.2 Å².